The second-order valence-electron chi connectivity index (χ2n) is 3.97. The van der Waals surface area contributed by atoms with Crippen molar-refractivity contribution in [3.8, 4) is 0 Å². The first-order valence-corrected chi connectivity index (χ1v) is 6.56. The fraction of sp³-hybridized carbons (Fsp3) is 0.333. The number of carbonyl (C=O) groups is 1. The SMILES string of the molecule is C=C/C(=C\CCC)CC(=O)Nc1ccc(N)cn1.CN. The summed E-state index contributed by atoms with van der Waals surface area (Å²) in [6, 6.07) is 3.38. The molecule has 0 aromatic carbocycles. The van der Waals surface area contributed by atoms with Crippen molar-refractivity contribution in [3.05, 3.63) is 42.6 Å². The van der Waals surface area contributed by atoms with Crippen molar-refractivity contribution in [2.75, 3.05) is 18.1 Å². The summed E-state index contributed by atoms with van der Waals surface area (Å²) in [6.45, 7) is 5.80. The van der Waals surface area contributed by atoms with Gasteiger partial charge in [0.25, 0.3) is 0 Å². The predicted octanol–water partition coefficient (Wildman–Crippen LogP) is 2.48. The summed E-state index contributed by atoms with van der Waals surface area (Å²) in [5, 5.41) is 2.72. The average molecular weight is 276 g/mol. The van der Waals surface area contributed by atoms with Crippen LogP contribution in [0, 0.1) is 0 Å². The number of nitrogens with one attached hydrogen (secondary N) is 1. The van der Waals surface area contributed by atoms with Crippen LogP contribution in [-0.4, -0.2) is 17.9 Å². The van der Waals surface area contributed by atoms with E-state index >= 15 is 0 Å². The maximum absolute atomic E-state index is 11.8. The van der Waals surface area contributed by atoms with Gasteiger partial charge in [-0.1, -0.05) is 32.1 Å². The molecule has 0 atom stereocenters. The molecular formula is C15H24N4O. The molecule has 20 heavy (non-hydrogen) atoms. The number of pyridine rings is 1. The molecule has 1 amide bonds. The first-order valence-electron chi connectivity index (χ1n) is 6.56. The average Bonchev–Trinajstić information content (AvgIpc) is 2.48. The van der Waals surface area contributed by atoms with Gasteiger partial charge in [-0.05, 0) is 31.2 Å². The van der Waals surface area contributed by atoms with Gasteiger partial charge in [0.05, 0.1) is 18.3 Å². The lowest BCUT2D eigenvalue weighted by molar-refractivity contribution is -0.115. The smallest absolute Gasteiger partial charge is 0.229 e. The number of aromatic nitrogens is 1. The molecule has 1 aromatic heterocycles. The van der Waals surface area contributed by atoms with Gasteiger partial charge in [-0.2, -0.15) is 0 Å². The number of unbranched alkanes of at least 4 members (excludes halogenated alkanes) is 1. The van der Waals surface area contributed by atoms with Crippen LogP contribution in [0.4, 0.5) is 11.5 Å². The molecule has 0 saturated carbocycles. The fourth-order valence-electron chi connectivity index (χ4n) is 1.41. The van der Waals surface area contributed by atoms with E-state index in [1.54, 1.807) is 18.2 Å². The van der Waals surface area contributed by atoms with E-state index in [-0.39, 0.29) is 5.91 Å². The highest BCUT2D eigenvalue weighted by molar-refractivity contribution is 5.91. The number of nitrogens with two attached hydrogens (primary N) is 2. The lowest BCUT2D eigenvalue weighted by atomic mass is 10.1. The zero-order valence-corrected chi connectivity index (χ0v) is 12.2. The van der Waals surface area contributed by atoms with E-state index in [0.29, 0.717) is 17.9 Å². The Kier molecular flexibility index (Phi) is 9.60. The van der Waals surface area contributed by atoms with Crippen molar-refractivity contribution >= 4 is 17.4 Å². The second-order valence-corrected chi connectivity index (χ2v) is 3.97. The molecule has 0 aliphatic heterocycles. The van der Waals surface area contributed by atoms with Crippen molar-refractivity contribution in [3.63, 3.8) is 0 Å². The van der Waals surface area contributed by atoms with Gasteiger partial charge in [0.15, 0.2) is 0 Å². The molecule has 110 valence electrons. The number of rotatable bonds is 6. The largest absolute Gasteiger partial charge is 0.397 e. The van der Waals surface area contributed by atoms with E-state index in [0.717, 1.165) is 18.4 Å². The minimum atomic E-state index is -0.102. The van der Waals surface area contributed by atoms with Crippen LogP contribution in [0.15, 0.2) is 42.6 Å². The predicted molar refractivity (Wildman–Crippen MR) is 85.2 cm³/mol. The Balaban J connectivity index is 0.00000172. The number of nitrogen functional groups attached to an aromatic ring is 1. The van der Waals surface area contributed by atoms with E-state index in [9.17, 15) is 4.79 Å². The van der Waals surface area contributed by atoms with Gasteiger partial charge >= 0.3 is 0 Å². The summed E-state index contributed by atoms with van der Waals surface area (Å²) in [5.74, 6) is 0.405. The van der Waals surface area contributed by atoms with E-state index < -0.39 is 0 Å². The van der Waals surface area contributed by atoms with E-state index in [4.69, 9.17) is 5.73 Å². The molecule has 5 nitrogen and oxygen atoms in total. The standard InChI is InChI=1S/C14H19N3O.CH5N/c1-3-5-6-11(4-2)9-14(18)17-13-8-7-12(15)10-16-13;1-2/h4,6-8,10H,2-3,5,9,15H2,1H3,(H,16,17,18);2H2,1H3/b11-6+;. The number of carbonyl (C=O) groups excluding carboxylic acids is 1. The van der Waals surface area contributed by atoms with Crippen molar-refractivity contribution in [2.45, 2.75) is 26.2 Å². The lowest BCUT2D eigenvalue weighted by Crippen LogP contribution is -2.12. The topological polar surface area (TPSA) is 94.0 Å². The first-order chi connectivity index (χ1) is 9.65. The fourth-order valence-corrected chi connectivity index (χ4v) is 1.41. The highest BCUT2D eigenvalue weighted by atomic mass is 16.1. The molecule has 0 bridgehead atoms. The summed E-state index contributed by atoms with van der Waals surface area (Å²) in [4.78, 5) is 15.8. The van der Waals surface area contributed by atoms with Crippen LogP contribution in [0.1, 0.15) is 26.2 Å². The summed E-state index contributed by atoms with van der Waals surface area (Å²) < 4.78 is 0. The Hall–Kier alpha value is -2.14. The number of amides is 1. The molecule has 0 unspecified atom stereocenters. The summed E-state index contributed by atoms with van der Waals surface area (Å²) in [7, 11) is 1.50. The molecule has 0 radical (unpaired) electrons. The monoisotopic (exact) mass is 276 g/mol. The Morgan fingerprint density at radius 3 is 2.65 bits per heavy atom. The minimum absolute atomic E-state index is 0.102. The van der Waals surface area contributed by atoms with Crippen LogP contribution in [0.25, 0.3) is 0 Å². The van der Waals surface area contributed by atoms with E-state index in [2.05, 4.69) is 29.5 Å². The van der Waals surface area contributed by atoms with Gasteiger partial charge in [-0.3, -0.25) is 4.79 Å². The summed E-state index contributed by atoms with van der Waals surface area (Å²) >= 11 is 0. The molecule has 5 N–H and O–H groups in total. The number of nitrogens with zero attached hydrogens (tertiary/aromatic N) is 1. The molecule has 0 aliphatic carbocycles. The third-order valence-electron chi connectivity index (χ3n) is 2.38. The third-order valence-corrected chi connectivity index (χ3v) is 2.38. The molecule has 0 spiro atoms. The molecule has 0 fully saturated rings. The number of anilines is 2. The van der Waals surface area contributed by atoms with Crippen LogP contribution in [-0.2, 0) is 4.79 Å². The zero-order chi connectivity index (χ0) is 15.4. The highest BCUT2D eigenvalue weighted by Crippen LogP contribution is 2.10. The first kappa shape index (κ1) is 17.9. The quantitative estimate of drug-likeness (QED) is 0.696. The van der Waals surface area contributed by atoms with E-state index in [1.807, 2.05) is 6.08 Å². The van der Waals surface area contributed by atoms with E-state index in [1.165, 1.54) is 13.2 Å². The lowest BCUT2D eigenvalue weighted by Gasteiger charge is -2.05. The van der Waals surface area contributed by atoms with Gasteiger partial charge in [-0.25, -0.2) is 4.98 Å². The van der Waals surface area contributed by atoms with Crippen LogP contribution < -0.4 is 16.8 Å². The van der Waals surface area contributed by atoms with Crippen LogP contribution in [0.2, 0.25) is 0 Å². The maximum Gasteiger partial charge on any atom is 0.229 e. The Morgan fingerprint density at radius 1 is 1.45 bits per heavy atom. The number of hydrogen-bond acceptors (Lipinski definition) is 4. The molecule has 1 aromatic rings. The van der Waals surface area contributed by atoms with Gasteiger partial charge in [0.1, 0.15) is 5.82 Å². The van der Waals surface area contributed by atoms with Crippen LogP contribution in [0.5, 0.6) is 0 Å². The Bertz CT molecular complexity index is 438. The number of allylic oxidation sites excluding steroid dienone is 2. The highest BCUT2D eigenvalue weighted by Gasteiger charge is 2.04. The summed E-state index contributed by atoms with van der Waals surface area (Å²) in [6.07, 6.45) is 7.58. The third kappa shape index (κ3) is 7.33. The Labute approximate surface area is 120 Å². The van der Waals surface area contributed by atoms with Crippen molar-refractivity contribution in [2.24, 2.45) is 5.73 Å². The van der Waals surface area contributed by atoms with Gasteiger partial charge < -0.3 is 16.8 Å². The molecule has 1 rings (SSSR count). The van der Waals surface area contributed by atoms with Gasteiger partial charge in [0.2, 0.25) is 5.91 Å². The molecular weight excluding hydrogens is 252 g/mol. The zero-order valence-electron chi connectivity index (χ0n) is 12.2. The molecule has 0 aliphatic rings. The van der Waals surface area contributed by atoms with Crippen LogP contribution in [0.3, 0.4) is 0 Å². The maximum atomic E-state index is 11.8. The van der Waals surface area contributed by atoms with Crippen molar-refractivity contribution in [1.29, 1.82) is 0 Å². The molecule has 5 heteroatoms. The number of hydrogen-bond donors (Lipinski definition) is 3. The normalized spacial score (nSPS) is 10.2. The summed E-state index contributed by atoms with van der Waals surface area (Å²) in [5.41, 5.74) is 11.5. The minimum Gasteiger partial charge on any atom is -0.397 e. The van der Waals surface area contributed by atoms with Gasteiger partial charge in [-0.15, -0.1) is 0 Å². The van der Waals surface area contributed by atoms with Crippen molar-refractivity contribution in [1.82, 2.24) is 4.98 Å². The van der Waals surface area contributed by atoms with Crippen LogP contribution >= 0.6 is 0 Å². The van der Waals surface area contributed by atoms with Crippen molar-refractivity contribution < 1.29 is 4.79 Å². The molecule has 1 heterocycles. The van der Waals surface area contributed by atoms with Gasteiger partial charge in [0, 0.05) is 0 Å². The second kappa shape index (κ2) is 10.8. The molecule has 0 saturated heterocycles. The Morgan fingerprint density at radius 2 is 2.15 bits per heavy atom.